The highest BCUT2D eigenvalue weighted by atomic mass is 32.2. The number of esters is 1. The predicted molar refractivity (Wildman–Crippen MR) is 78.1 cm³/mol. The molecular weight excluding hydrogens is 292 g/mol. The van der Waals surface area contributed by atoms with Crippen LogP contribution in [0.2, 0.25) is 0 Å². The van der Waals surface area contributed by atoms with Crippen molar-refractivity contribution in [3.63, 3.8) is 0 Å². The molecule has 0 aliphatic heterocycles. The fraction of sp³-hybridized carbons (Fsp3) is 0.533. The topological polar surface area (TPSA) is 69.7 Å². The molecule has 2 rings (SSSR count). The highest BCUT2D eigenvalue weighted by Gasteiger charge is 2.29. The summed E-state index contributed by atoms with van der Waals surface area (Å²) in [6, 6.07) is 4.41. The molecule has 1 atom stereocenters. The second-order valence-corrected chi connectivity index (χ2v) is 7.54. The van der Waals surface area contributed by atoms with E-state index in [9.17, 15) is 13.2 Å². The summed E-state index contributed by atoms with van der Waals surface area (Å²) in [4.78, 5) is 11.9. The van der Waals surface area contributed by atoms with Gasteiger partial charge in [-0.3, -0.25) is 0 Å². The average molecular weight is 312 g/mol. The summed E-state index contributed by atoms with van der Waals surface area (Å²) in [5.74, 6) is 0.446. The van der Waals surface area contributed by atoms with Gasteiger partial charge in [0, 0.05) is 6.26 Å². The lowest BCUT2D eigenvalue weighted by molar-refractivity contribution is -0.141. The summed E-state index contributed by atoms with van der Waals surface area (Å²) in [6.45, 7) is 3.56. The number of ether oxygens (including phenoxy) is 2. The van der Waals surface area contributed by atoms with E-state index in [2.05, 4.69) is 0 Å². The van der Waals surface area contributed by atoms with Gasteiger partial charge in [0.25, 0.3) is 0 Å². The zero-order chi connectivity index (χ0) is 15.6. The zero-order valence-electron chi connectivity index (χ0n) is 12.5. The van der Waals surface area contributed by atoms with Gasteiger partial charge in [0.2, 0.25) is 0 Å². The first-order chi connectivity index (χ1) is 9.77. The van der Waals surface area contributed by atoms with E-state index in [1.807, 2.05) is 6.92 Å². The van der Waals surface area contributed by atoms with Crippen molar-refractivity contribution in [2.75, 3.05) is 12.9 Å². The molecular formula is C15H20O5S. The smallest absolute Gasteiger partial charge is 0.337 e. The first-order valence-corrected chi connectivity index (χ1v) is 8.79. The Kier molecular flexibility index (Phi) is 4.68. The van der Waals surface area contributed by atoms with Crippen LogP contribution in [0.1, 0.15) is 25.3 Å². The molecule has 1 aromatic rings. The van der Waals surface area contributed by atoms with Crippen molar-refractivity contribution >= 4 is 15.8 Å². The van der Waals surface area contributed by atoms with E-state index in [0.29, 0.717) is 17.2 Å². The Bertz CT molecular complexity index is 631. The molecule has 1 unspecified atom stereocenters. The lowest BCUT2D eigenvalue weighted by Crippen LogP contribution is -2.21. The first kappa shape index (κ1) is 16.0. The maximum atomic E-state index is 11.7. The maximum absolute atomic E-state index is 11.7. The van der Waals surface area contributed by atoms with Crippen LogP contribution >= 0.6 is 0 Å². The summed E-state index contributed by atoms with van der Waals surface area (Å²) < 4.78 is 33.5. The molecule has 1 aliphatic carbocycles. The van der Waals surface area contributed by atoms with Crippen LogP contribution in [0.25, 0.3) is 0 Å². The number of rotatable bonds is 6. The molecule has 0 radical (unpaired) electrons. The van der Waals surface area contributed by atoms with Gasteiger partial charge < -0.3 is 9.47 Å². The number of carbonyl (C=O) groups is 1. The van der Waals surface area contributed by atoms with Gasteiger partial charge in [-0.25, -0.2) is 13.2 Å². The van der Waals surface area contributed by atoms with E-state index in [4.69, 9.17) is 9.47 Å². The van der Waals surface area contributed by atoms with Gasteiger partial charge in [-0.1, -0.05) is 0 Å². The summed E-state index contributed by atoms with van der Waals surface area (Å²) in [6.07, 6.45) is 3.52. The second kappa shape index (κ2) is 6.15. The normalized spacial score (nSPS) is 16.5. The molecule has 0 spiro atoms. The van der Waals surface area contributed by atoms with E-state index in [1.54, 1.807) is 6.92 Å². The molecule has 0 amide bonds. The van der Waals surface area contributed by atoms with Crippen molar-refractivity contribution in [1.29, 1.82) is 0 Å². The number of hydrogen-bond donors (Lipinski definition) is 0. The van der Waals surface area contributed by atoms with Crippen LogP contribution in [-0.4, -0.2) is 33.4 Å². The van der Waals surface area contributed by atoms with Crippen molar-refractivity contribution in [3.8, 4) is 5.75 Å². The molecule has 1 aliphatic rings. The third-order valence-corrected chi connectivity index (χ3v) is 4.66. The molecule has 1 saturated carbocycles. The van der Waals surface area contributed by atoms with Crippen molar-refractivity contribution in [2.24, 2.45) is 5.92 Å². The van der Waals surface area contributed by atoms with Gasteiger partial charge in [-0.2, -0.15) is 0 Å². The molecule has 0 heterocycles. The Morgan fingerprint density at radius 3 is 2.57 bits per heavy atom. The molecule has 21 heavy (non-hydrogen) atoms. The molecule has 1 fully saturated rings. The number of hydrogen-bond acceptors (Lipinski definition) is 5. The summed E-state index contributed by atoms with van der Waals surface area (Å²) in [5, 5.41) is 0. The standard InChI is InChI=1S/C15H20O5S/c1-10-8-13(21(3,17)18)6-7-14(10)20-15(16)9-19-11(2)12-4-5-12/h6-8,11-12H,4-5,9H2,1-3H3. The Morgan fingerprint density at radius 1 is 1.38 bits per heavy atom. The fourth-order valence-electron chi connectivity index (χ4n) is 2.02. The zero-order valence-corrected chi connectivity index (χ0v) is 13.3. The van der Waals surface area contributed by atoms with Crippen LogP contribution in [0.4, 0.5) is 0 Å². The maximum Gasteiger partial charge on any atom is 0.337 e. The van der Waals surface area contributed by atoms with Crippen LogP contribution < -0.4 is 4.74 Å². The van der Waals surface area contributed by atoms with Gasteiger partial charge in [0.05, 0.1) is 11.0 Å². The summed E-state index contributed by atoms with van der Waals surface area (Å²) in [7, 11) is -3.26. The monoisotopic (exact) mass is 312 g/mol. The molecule has 0 bridgehead atoms. The first-order valence-electron chi connectivity index (χ1n) is 6.90. The minimum absolute atomic E-state index is 0.0752. The number of carbonyl (C=O) groups excluding carboxylic acids is 1. The van der Waals surface area contributed by atoms with Gasteiger partial charge >= 0.3 is 5.97 Å². The van der Waals surface area contributed by atoms with E-state index in [0.717, 1.165) is 19.1 Å². The van der Waals surface area contributed by atoms with Gasteiger partial charge in [0.15, 0.2) is 9.84 Å². The van der Waals surface area contributed by atoms with E-state index >= 15 is 0 Å². The van der Waals surface area contributed by atoms with Crippen LogP contribution in [0.15, 0.2) is 23.1 Å². The van der Waals surface area contributed by atoms with E-state index in [1.165, 1.54) is 18.2 Å². The summed E-state index contributed by atoms with van der Waals surface area (Å²) >= 11 is 0. The fourth-order valence-corrected chi connectivity index (χ4v) is 2.73. The highest BCUT2D eigenvalue weighted by molar-refractivity contribution is 7.90. The van der Waals surface area contributed by atoms with Gasteiger partial charge in [-0.15, -0.1) is 0 Å². The molecule has 116 valence electrons. The number of sulfone groups is 1. The van der Waals surface area contributed by atoms with Crippen LogP contribution in [-0.2, 0) is 19.4 Å². The van der Waals surface area contributed by atoms with Crippen molar-refractivity contribution < 1.29 is 22.7 Å². The van der Waals surface area contributed by atoms with E-state index < -0.39 is 15.8 Å². The molecule has 6 heteroatoms. The van der Waals surface area contributed by atoms with Crippen molar-refractivity contribution in [2.45, 2.75) is 37.7 Å². The highest BCUT2D eigenvalue weighted by Crippen LogP contribution is 2.33. The lowest BCUT2D eigenvalue weighted by Gasteiger charge is -2.12. The van der Waals surface area contributed by atoms with Crippen LogP contribution in [0, 0.1) is 12.8 Å². The van der Waals surface area contributed by atoms with Crippen molar-refractivity contribution in [3.05, 3.63) is 23.8 Å². The Morgan fingerprint density at radius 2 is 2.05 bits per heavy atom. The van der Waals surface area contributed by atoms with Crippen LogP contribution in [0.5, 0.6) is 5.75 Å². The van der Waals surface area contributed by atoms with Gasteiger partial charge in [-0.05, 0) is 56.4 Å². The largest absolute Gasteiger partial charge is 0.425 e. The second-order valence-electron chi connectivity index (χ2n) is 5.53. The lowest BCUT2D eigenvalue weighted by atomic mass is 10.2. The molecule has 0 saturated heterocycles. The summed E-state index contributed by atoms with van der Waals surface area (Å²) in [5.41, 5.74) is 0.599. The third kappa shape index (κ3) is 4.54. The SMILES string of the molecule is Cc1cc(S(C)(=O)=O)ccc1OC(=O)COC(C)C1CC1. The Labute approximate surface area is 125 Å². The molecule has 0 aromatic heterocycles. The number of benzene rings is 1. The average Bonchev–Trinajstić information content (AvgIpc) is 3.21. The molecule has 0 N–H and O–H groups in total. The van der Waals surface area contributed by atoms with Gasteiger partial charge in [0.1, 0.15) is 12.4 Å². The molecule has 1 aromatic carbocycles. The predicted octanol–water partition coefficient (Wildman–Crippen LogP) is 2.12. The third-order valence-electron chi connectivity index (χ3n) is 3.55. The Hall–Kier alpha value is -1.40. The number of aryl methyl sites for hydroxylation is 1. The quantitative estimate of drug-likeness (QED) is 0.594. The van der Waals surface area contributed by atoms with E-state index in [-0.39, 0.29) is 17.6 Å². The minimum Gasteiger partial charge on any atom is -0.425 e. The Balaban J connectivity index is 1.94. The van der Waals surface area contributed by atoms with Crippen molar-refractivity contribution in [1.82, 2.24) is 0 Å². The van der Waals surface area contributed by atoms with Crippen LogP contribution in [0.3, 0.4) is 0 Å². The minimum atomic E-state index is -3.26. The molecule has 5 nitrogen and oxygen atoms in total.